The van der Waals surface area contributed by atoms with Crippen molar-refractivity contribution >= 4 is 26.7 Å². The first kappa shape index (κ1) is 15.7. The molecule has 1 aliphatic carbocycles. The van der Waals surface area contributed by atoms with Crippen LogP contribution in [0.1, 0.15) is 32.1 Å². The fourth-order valence-electron chi connectivity index (χ4n) is 4.49. The van der Waals surface area contributed by atoms with Crippen molar-refractivity contribution in [1.82, 2.24) is 9.88 Å². The zero-order valence-corrected chi connectivity index (χ0v) is 15.1. The molecule has 0 spiro atoms. The lowest BCUT2D eigenvalue weighted by Gasteiger charge is -2.48. The molecular formula is C18H23N5OS. The highest BCUT2D eigenvalue weighted by atomic mass is 32.1. The lowest BCUT2D eigenvalue weighted by Crippen LogP contribution is -2.65. The Hall–Kier alpha value is -1.57. The minimum absolute atomic E-state index is 0.159. The minimum atomic E-state index is -0.159. The Balaban J connectivity index is 1.59. The van der Waals surface area contributed by atoms with Gasteiger partial charge >= 0.3 is 0 Å². The average molecular weight is 357 g/mol. The van der Waals surface area contributed by atoms with Crippen molar-refractivity contribution < 1.29 is 4.74 Å². The first-order valence-corrected chi connectivity index (χ1v) is 10.1. The van der Waals surface area contributed by atoms with Crippen LogP contribution in [-0.2, 0) is 4.74 Å². The summed E-state index contributed by atoms with van der Waals surface area (Å²) < 4.78 is 6.83. The van der Waals surface area contributed by atoms with Crippen LogP contribution in [0.15, 0.2) is 34.6 Å². The molecule has 2 fully saturated rings. The Bertz CT molecular complexity index is 754. The van der Waals surface area contributed by atoms with Crippen LogP contribution in [-0.4, -0.2) is 47.9 Å². The molecule has 1 saturated carbocycles. The van der Waals surface area contributed by atoms with E-state index in [1.165, 1.54) is 24.0 Å². The molecule has 2 aliphatic heterocycles. The van der Waals surface area contributed by atoms with Crippen molar-refractivity contribution in [3.8, 4) is 0 Å². The van der Waals surface area contributed by atoms with Crippen LogP contribution < -0.4 is 5.01 Å². The maximum absolute atomic E-state index is 5.62. The fraction of sp³-hybridized carbons (Fsp3) is 0.611. The third kappa shape index (κ3) is 2.48. The zero-order valence-electron chi connectivity index (χ0n) is 14.3. The monoisotopic (exact) mass is 357 g/mol. The van der Waals surface area contributed by atoms with E-state index in [4.69, 9.17) is 14.8 Å². The van der Waals surface area contributed by atoms with E-state index >= 15 is 0 Å². The molecule has 0 bridgehead atoms. The summed E-state index contributed by atoms with van der Waals surface area (Å²) in [6.07, 6.45) is 5.96. The number of aromatic nitrogens is 1. The minimum Gasteiger partial charge on any atom is -0.379 e. The lowest BCUT2D eigenvalue weighted by atomic mass is 9.92. The second kappa shape index (κ2) is 6.30. The van der Waals surface area contributed by atoms with E-state index in [2.05, 4.69) is 33.3 Å². The van der Waals surface area contributed by atoms with Gasteiger partial charge in [-0.1, -0.05) is 41.5 Å². The van der Waals surface area contributed by atoms with Gasteiger partial charge < -0.3 is 4.74 Å². The SMILES string of the molecule is c1ccc2sc(N3N=N[C@@H]4CCCCC[C@@]43N3CCOCC3)nc2c1. The summed E-state index contributed by atoms with van der Waals surface area (Å²) in [5.41, 5.74) is 0.889. The molecule has 1 aromatic carbocycles. The van der Waals surface area contributed by atoms with E-state index in [-0.39, 0.29) is 11.7 Å². The number of benzene rings is 1. The highest BCUT2D eigenvalue weighted by Crippen LogP contribution is 2.46. The second-order valence-electron chi connectivity index (χ2n) is 7.07. The Morgan fingerprint density at radius 2 is 2.00 bits per heavy atom. The number of morpholine rings is 1. The molecule has 3 aliphatic rings. The van der Waals surface area contributed by atoms with Crippen LogP contribution in [0.5, 0.6) is 0 Å². The van der Waals surface area contributed by atoms with E-state index in [1.54, 1.807) is 11.3 Å². The van der Waals surface area contributed by atoms with Crippen molar-refractivity contribution in [3.63, 3.8) is 0 Å². The normalized spacial score (nSPS) is 30.6. The number of fused-ring (bicyclic) bond motifs is 2. The molecule has 5 rings (SSSR count). The number of para-hydroxylation sites is 1. The molecule has 0 amide bonds. The van der Waals surface area contributed by atoms with Gasteiger partial charge in [0.05, 0.1) is 23.4 Å². The van der Waals surface area contributed by atoms with Crippen molar-refractivity contribution in [1.29, 1.82) is 0 Å². The van der Waals surface area contributed by atoms with Gasteiger partial charge in [-0.25, -0.2) is 4.98 Å². The summed E-state index contributed by atoms with van der Waals surface area (Å²) in [6, 6.07) is 8.57. The number of nitrogens with zero attached hydrogens (tertiary/aromatic N) is 5. The highest BCUT2D eigenvalue weighted by Gasteiger charge is 2.54. The summed E-state index contributed by atoms with van der Waals surface area (Å²) >= 11 is 1.72. The maximum Gasteiger partial charge on any atom is 0.210 e. The number of ether oxygens (including phenoxy) is 1. The molecule has 0 unspecified atom stereocenters. The van der Waals surface area contributed by atoms with Crippen molar-refractivity contribution in [2.45, 2.75) is 43.8 Å². The Morgan fingerprint density at radius 1 is 1.12 bits per heavy atom. The van der Waals surface area contributed by atoms with Gasteiger partial charge in [0.2, 0.25) is 5.13 Å². The summed E-state index contributed by atoms with van der Waals surface area (Å²) in [5, 5.41) is 12.5. The van der Waals surface area contributed by atoms with Gasteiger partial charge in [-0.2, -0.15) is 10.1 Å². The van der Waals surface area contributed by atoms with Gasteiger partial charge in [0.15, 0.2) is 0 Å². The zero-order chi connectivity index (χ0) is 16.7. The summed E-state index contributed by atoms with van der Waals surface area (Å²) in [5.74, 6) is 0. The molecule has 1 saturated heterocycles. The standard InChI is InChI=1S/C18H23N5OS/c1-2-8-16-18(9-5-1,22-10-12-24-13-11-22)23(21-20-16)17-19-14-6-3-4-7-15(14)25-17/h3-4,6-7,16H,1-2,5,8-13H2/t16-,18+/m1/s1. The third-order valence-corrected chi connectivity index (χ3v) is 6.74. The van der Waals surface area contributed by atoms with E-state index in [9.17, 15) is 0 Å². The summed E-state index contributed by atoms with van der Waals surface area (Å²) in [4.78, 5) is 7.46. The quantitative estimate of drug-likeness (QED) is 0.819. The largest absolute Gasteiger partial charge is 0.379 e. The Labute approximate surface area is 151 Å². The lowest BCUT2D eigenvalue weighted by molar-refractivity contribution is -0.0302. The number of anilines is 1. The van der Waals surface area contributed by atoms with Crippen LogP contribution in [0.2, 0.25) is 0 Å². The van der Waals surface area contributed by atoms with Crippen molar-refractivity contribution in [3.05, 3.63) is 24.3 Å². The average Bonchev–Trinajstić information content (AvgIpc) is 3.18. The Kier molecular flexibility index (Phi) is 3.95. The van der Waals surface area contributed by atoms with E-state index < -0.39 is 0 Å². The second-order valence-corrected chi connectivity index (χ2v) is 8.08. The van der Waals surface area contributed by atoms with Crippen LogP contribution in [0.25, 0.3) is 10.2 Å². The van der Waals surface area contributed by atoms with Gasteiger partial charge in [0, 0.05) is 13.1 Å². The maximum atomic E-state index is 5.62. The molecule has 1 aromatic heterocycles. The van der Waals surface area contributed by atoms with E-state index in [0.29, 0.717) is 0 Å². The molecule has 6 nitrogen and oxygen atoms in total. The summed E-state index contributed by atoms with van der Waals surface area (Å²) in [7, 11) is 0. The number of thiazole rings is 1. The highest BCUT2D eigenvalue weighted by molar-refractivity contribution is 7.22. The first-order valence-electron chi connectivity index (χ1n) is 9.27. The smallest absolute Gasteiger partial charge is 0.210 e. The number of hydrogen-bond acceptors (Lipinski definition) is 7. The fourth-order valence-corrected chi connectivity index (χ4v) is 5.48. The molecule has 2 aromatic rings. The van der Waals surface area contributed by atoms with Crippen LogP contribution in [0, 0.1) is 0 Å². The predicted octanol–water partition coefficient (Wildman–Crippen LogP) is 3.84. The van der Waals surface area contributed by atoms with Gasteiger partial charge in [0.1, 0.15) is 11.7 Å². The molecule has 3 heterocycles. The predicted molar refractivity (Wildman–Crippen MR) is 99.0 cm³/mol. The van der Waals surface area contributed by atoms with Gasteiger partial charge in [0.25, 0.3) is 0 Å². The first-order chi connectivity index (χ1) is 12.4. The molecule has 0 radical (unpaired) electrons. The van der Waals surface area contributed by atoms with Crippen molar-refractivity contribution in [2.24, 2.45) is 10.3 Å². The van der Waals surface area contributed by atoms with Crippen molar-refractivity contribution in [2.75, 3.05) is 31.3 Å². The van der Waals surface area contributed by atoms with Crippen LogP contribution >= 0.6 is 11.3 Å². The van der Waals surface area contributed by atoms with Gasteiger partial charge in [-0.3, -0.25) is 4.90 Å². The van der Waals surface area contributed by atoms with Gasteiger partial charge in [-0.15, -0.1) is 0 Å². The molecule has 0 N–H and O–H groups in total. The molecule has 2 atom stereocenters. The van der Waals surface area contributed by atoms with Crippen LogP contribution in [0.4, 0.5) is 5.13 Å². The van der Waals surface area contributed by atoms with E-state index in [0.717, 1.165) is 49.8 Å². The Morgan fingerprint density at radius 3 is 2.88 bits per heavy atom. The third-order valence-electron chi connectivity index (χ3n) is 5.73. The molecule has 7 heteroatoms. The van der Waals surface area contributed by atoms with E-state index in [1.807, 2.05) is 6.07 Å². The molecule has 25 heavy (non-hydrogen) atoms. The van der Waals surface area contributed by atoms with Gasteiger partial charge in [-0.05, 0) is 31.4 Å². The van der Waals surface area contributed by atoms with Crippen LogP contribution in [0.3, 0.4) is 0 Å². The molecule has 132 valence electrons. The molecular weight excluding hydrogens is 334 g/mol. The number of rotatable bonds is 2. The number of hydrogen-bond donors (Lipinski definition) is 0. The summed E-state index contributed by atoms with van der Waals surface area (Å²) in [6.45, 7) is 3.48. The topological polar surface area (TPSA) is 53.3 Å².